The topological polar surface area (TPSA) is 35.5 Å². The number of halogens is 1. The zero-order chi connectivity index (χ0) is 8.81. The van der Waals surface area contributed by atoms with Crippen molar-refractivity contribution in [3.05, 3.63) is 0 Å². The molecule has 1 atom stereocenters. The molecule has 0 aromatic heterocycles. The molecule has 0 bridgehead atoms. The van der Waals surface area contributed by atoms with Crippen molar-refractivity contribution in [1.82, 2.24) is 0 Å². The van der Waals surface area contributed by atoms with Gasteiger partial charge >= 0.3 is 5.97 Å². The number of alkyl halides is 1. The predicted molar refractivity (Wildman–Crippen MR) is 48.5 cm³/mol. The molecule has 1 aliphatic heterocycles. The van der Waals surface area contributed by atoms with E-state index in [-0.39, 0.29) is 5.88 Å². The van der Waals surface area contributed by atoms with Gasteiger partial charge in [0.2, 0.25) is 6.29 Å². The first-order valence-corrected chi connectivity index (χ1v) is 5.46. The van der Waals surface area contributed by atoms with Crippen molar-refractivity contribution < 1.29 is 14.3 Å². The summed E-state index contributed by atoms with van der Waals surface area (Å²) in [7, 11) is 0. The van der Waals surface area contributed by atoms with Gasteiger partial charge in [-0.25, -0.2) is 0 Å². The fourth-order valence-corrected chi connectivity index (χ4v) is 1.76. The Morgan fingerprint density at radius 3 is 3.33 bits per heavy atom. The summed E-state index contributed by atoms with van der Waals surface area (Å²) in [5.41, 5.74) is 0. The minimum absolute atomic E-state index is 0.107. The Hall–Kier alpha value is 0.0700. The number of hydrogen-bond acceptors (Lipinski definition) is 4. The standard InChI is InChI=1S/C7H11ClO3S/c8-4-6(9)11-7-5-12-3-1-2-10-7/h7H,1-5H2. The van der Waals surface area contributed by atoms with Gasteiger partial charge in [0.25, 0.3) is 0 Å². The molecule has 0 aromatic carbocycles. The van der Waals surface area contributed by atoms with Crippen LogP contribution in [0.25, 0.3) is 0 Å². The summed E-state index contributed by atoms with van der Waals surface area (Å²) in [5.74, 6) is 1.26. The fourth-order valence-electron chi connectivity index (χ4n) is 0.850. The van der Waals surface area contributed by atoms with Gasteiger partial charge < -0.3 is 9.47 Å². The van der Waals surface area contributed by atoms with Crippen LogP contribution in [0.1, 0.15) is 6.42 Å². The molecule has 0 aromatic rings. The quantitative estimate of drug-likeness (QED) is 0.508. The molecule has 0 radical (unpaired) electrons. The molecule has 1 unspecified atom stereocenters. The first-order valence-electron chi connectivity index (χ1n) is 3.77. The molecule has 1 fully saturated rings. The zero-order valence-electron chi connectivity index (χ0n) is 6.62. The van der Waals surface area contributed by atoms with E-state index in [0.717, 1.165) is 12.2 Å². The summed E-state index contributed by atoms with van der Waals surface area (Å²) in [6.45, 7) is 0.660. The van der Waals surface area contributed by atoms with Crippen molar-refractivity contribution in [2.24, 2.45) is 0 Å². The molecule has 0 spiro atoms. The Morgan fingerprint density at radius 1 is 1.75 bits per heavy atom. The van der Waals surface area contributed by atoms with Crippen molar-refractivity contribution in [3.63, 3.8) is 0 Å². The smallest absolute Gasteiger partial charge is 0.323 e. The highest BCUT2D eigenvalue weighted by molar-refractivity contribution is 7.99. The van der Waals surface area contributed by atoms with Crippen LogP contribution < -0.4 is 0 Å². The summed E-state index contributed by atoms with van der Waals surface area (Å²) < 4.78 is 10.2. The summed E-state index contributed by atoms with van der Waals surface area (Å²) in [6, 6.07) is 0. The number of hydrogen-bond donors (Lipinski definition) is 0. The Labute approximate surface area is 80.7 Å². The van der Waals surface area contributed by atoms with Gasteiger partial charge in [0.15, 0.2) is 0 Å². The monoisotopic (exact) mass is 210 g/mol. The molecule has 1 rings (SSSR count). The highest BCUT2D eigenvalue weighted by atomic mass is 35.5. The Bertz CT molecular complexity index is 146. The number of carbonyl (C=O) groups is 1. The maximum absolute atomic E-state index is 10.7. The molecule has 0 aliphatic carbocycles. The van der Waals surface area contributed by atoms with E-state index in [0.29, 0.717) is 12.4 Å². The number of esters is 1. The third-order valence-electron chi connectivity index (χ3n) is 1.36. The van der Waals surface area contributed by atoms with Gasteiger partial charge in [-0.2, -0.15) is 11.8 Å². The third-order valence-corrected chi connectivity index (χ3v) is 2.67. The van der Waals surface area contributed by atoms with Gasteiger partial charge in [0, 0.05) is 0 Å². The molecule has 0 saturated carbocycles. The van der Waals surface area contributed by atoms with Gasteiger partial charge in [0.05, 0.1) is 12.4 Å². The second kappa shape index (κ2) is 5.67. The Balaban J connectivity index is 2.24. The van der Waals surface area contributed by atoms with Crippen molar-refractivity contribution in [1.29, 1.82) is 0 Å². The lowest BCUT2D eigenvalue weighted by molar-refractivity contribution is -0.170. The average molecular weight is 211 g/mol. The lowest BCUT2D eigenvalue weighted by Crippen LogP contribution is -2.23. The summed E-state index contributed by atoms with van der Waals surface area (Å²) in [5, 5.41) is 0. The van der Waals surface area contributed by atoms with E-state index in [4.69, 9.17) is 21.1 Å². The molecule has 70 valence electrons. The van der Waals surface area contributed by atoms with Crippen LogP contribution >= 0.6 is 23.4 Å². The normalized spacial score (nSPS) is 24.6. The minimum Gasteiger partial charge on any atom is -0.434 e. The molecule has 12 heavy (non-hydrogen) atoms. The molecule has 0 N–H and O–H groups in total. The maximum atomic E-state index is 10.7. The van der Waals surface area contributed by atoms with E-state index in [2.05, 4.69) is 0 Å². The van der Waals surface area contributed by atoms with E-state index in [1.807, 2.05) is 0 Å². The summed E-state index contributed by atoms with van der Waals surface area (Å²) >= 11 is 7.01. The third kappa shape index (κ3) is 3.65. The Kier molecular flexibility index (Phi) is 4.80. The maximum Gasteiger partial charge on any atom is 0.323 e. The van der Waals surface area contributed by atoms with Gasteiger partial charge in [-0.1, -0.05) is 0 Å². The molecule has 0 amide bonds. The highest BCUT2D eigenvalue weighted by Gasteiger charge is 2.16. The van der Waals surface area contributed by atoms with Crippen LogP contribution in [0.5, 0.6) is 0 Å². The lowest BCUT2D eigenvalue weighted by Gasteiger charge is -2.13. The summed E-state index contributed by atoms with van der Waals surface area (Å²) in [6.07, 6.45) is 0.614. The molecule has 5 heteroatoms. The van der Waals surface area contributed by atoms with Crippen LogP contribution in [0.4, 0.5) is 0 Å². The van der Waals surface area contributed by atoms with E-state index in [9.17, 15) is 4.79 Å². The SMILES string of the molecule is O=C(CCl)OC1CSCCCO1. The van der Waals surface area contributed by atoms with Crippen molar-refractivity contribution in [2.45, 2.75) is 12.7 Å². The average Bonchev–Trinajstić information content (AvgIpc) is 2.33. The summed E-state index contributed by atoms with van der Waals surface area (Å²) in [4.78, 5) is 10.7. The minimum atomic E-state index is -0.413. The van der Waals surface area contributed by atoms with Crippen LogP contribution in [-0.4, -0.2) is 36.3 Å². The largest absolute Gasteiger partial charge is 0.434 e. The molecular formula is C7H11ClO3S. The zero-order valence-corrected chi connectivity index (χ0v) is 8.20. The molecule has 1 heterocycles. The van der Waals surface area contributed by atoms with Crippen LogP contribution in [0, 0.1) is 0 Å². The highest BCUT2D eigenvalue weighted by Crippen LogP contribution is 2.13. The van der Waals surface area contributed by atoms with E-state index in [1.54, 1.807) is 11.8 Å². The predicted octanol–water partition coefficient (Wildman–Crippen LogP) is 1.25. The first kappa shape index (κ1) is 10.2. The molecule has 1 saturated heterocycles. The molecule has 3 nitrogen and oxygen atoms in total. The van der Waals surface area contributed by atoms with Crippen molar-refractivity contribution >= 4 is 29.3 Å². The number of thioether (sulfide) groups is 1. The molecular weight excluding hydrogens is 200 g/mol. The fraction of sp³-hybridized carbons (Fsp3) is 0.857. The van der Waals surface area contributed by atoms with Gasteiger partial charge in [-0.05, 0) is 12.2 Å². The second-order valence-electron chi connectivity index (χ2n) is 2.35. The van der Waals surface area contributed by atoms with E-state index in [1.165, 1.54) is 0 Å². The van der Waals surface area contributed by atoms with Crippen LogP contribution in [0.2, 0.25) is 0 Å². The Morgan fingerprint density at radius 2 is 2.58 bits per heavy atom. The van der Waals surface area contributed by atoms with Gasteiger partial charge in [0.1, 0.15) is 5.88 Å². The van der Waals surface area contributed by atoms with Gasteiger partial charge in [-0.3, -0.25) is 4.79 Å². The number of ether oxygens (including phenoxy) is 2. The number of rotatable bonds is 2. The second-order valence-corrected chi connectivity index (χ2v) is 3.77. The van der Waals surface area contributed by atoms with E-state index >= 15 is 0 Å². The first-order chi connectivity index (χ1) is 5.83. The lowest BCUT2D eigenvalue weighted by atomic mass is 10.5. The van der Waals surface area contributed by atoms with Crippen LogP contribution in [0.15, 0.2) is 0 Å². The van der Waals surface area contributed by atoms with Crippen molar-refractivity contribution in [3.8, 4) is 0 Å². The van der Waals surface area contributed by atoms with Crippen LogP contribution in [-0.2, 0) is 14.3 Å². The van der Waals surface area contributed by atoms with Gasteiger partial charge in [-0.15, -0.1) is 11.6 Å². The van der Waals surface area contributed by atoms with E-state index < -0.39 is 12.3 Å². The molecule has 1 aliphatic rings. The number of carbonyl (C=O) groups excluding carboxylic acids is 1. The van der Waals surface area contributed by atoms with Crippen LogP contribution in [0.3, 0.4) is 0 Å². The van der Waals surface area contributed by atoms with Crippen molar-refractivity contribution in [2.75, 3.05) is 24.0 Å².